The molecule has 1 aromatic rings. The number of carbonyl (C=O) groups is 1. The van der Waals surface area contributed by atoms with Gasteiger partial charge in [-0.25, -0.2) is 0 Å². The van der Waals surface area contributed by atoms with Gasteiger partial charge < -0.3 is 5.32 Å². The van der Waals surface area contributed by atoms with Crippen LogP contribution in [0.1, 0.15) is 61.3 Å². The van der Waals surface area contributed by atoms with E-state index in [9.17, 15) is 4.79 Å². The Kier molecular flexibility index (Phi) is 5.36. The van der Waals surface area contributed by atoms with Crippen LogP contribution >= 0.6 is 15.9 Å². The molecule has 1 saturated carbocycles. The van der Waals surface area contributed by atoms with Crippen molar-refractivity contribution in [3.8, 4) is 0 Å². The fraction of sp³-hybridized carbons (Fsp3) is 0.688. The van der Waals surface area contributed by atoms with Gasteiger partial charge in [0.25, 0.3) is 5.91 Å². The number of carbonyl (C=O) groups excluding carboxylic acids is 1. The van der Waals surface area contributed by atoms with Crippen LogP contribution in [-0.2, 0) is 6.42 Å². The van der Waals surface area contributed by atoms with Crippen molar-refractivity contribution < 1.29 is 4.79 Å². The number of nitrogens with one attached hydrogen (secondary N) is 1. The molecule has 0 aromatic carbocycles. The fourth-order valence-electron chi connectivity index (χ4n) is 3.21. The van der Waals surface area contributed by atoms with Crippen molar-refractivity contribution in [3.63, 3.8) is 0 Å². The Bertz CT molecular complexity index is 520. The van der Waals surface area contributed by atoms with E-state index in [0.29, 0.717) is 17.9 Å². The summed E-state index contributed by atoms with van der Waals surface area (Å²) < 4.78 is 0. The van der Waals surface area contributed by atoms with Crippen LogP contribution < -0.4 is 5.32 Å². The normalized spacial score (nSPS) is 25.6. The third kappa shape index (κ3) is 3.82. The number of nitrogens with zero attached hydrogens (tertiary/aromatic N) is 2. The summed E-state index contributed by atoms with van der Waals surface area (Å²) >= 11 is 3.60. The minimum Gasteiger partial charge on any atom is -0.346 e. The molecule has 5 heteroatoms. The van der Waals surface area contributed by atoms with Gasteiger partial charge in [0, 0.05) is 5.33 Å². The van der Waals surface area contributed by atoms with Gasteiger partial charge in [-0.2, -0.15) is 10.2 Å². The second kappa shape index (κ2) is 6.86. The zero-order valence-corrected chi connectivity index (χ0v) is 14.7. The lowest BCUT2D eigenvalue weighted by atomic mass is 9.77. The van der Waals surface area contributed by atoms with Gasteiger partial charge in [0.15, 0.2) is 0 Å². The van der Waals surface area contributed by atoms with E-state index in [1.165, 1.54) is 12.8 Å². The molecule has 0 aliphatic heterocycles. The second-order valence-electron chi connectivity index (χ2n) is 6.27. The Morgan fingerprint density at radius 3 is 2.90 bits per heavy atom. The highest BCUT2D eigenvalue weighted by Gasteiger charge is 2.36. The second-order valence-corrected chi connectivity index (χ2v) is 6.83. The van der Waals surface area contributed by atoms with Gasteiger partial charge >= 0.3 is 0 Å². The summed E-state index contributed by atoms with van der Waals surface area (Å²) in [6, 6.07) is 1.84. The zero-order valence-electron chi connectivity index (χ0n) is 13.1. The summed E-state index contributed by atoms with van der Waals surface area (Å²) in [6.07, 6.45) is 5.20. The Labute approximate surface area is 135 Å². The molecule has 2 rings (SSSR count). The van der Waals surface area contributed by atoms with Crippen molar-refractivity contribution >= 4 is 21.8 Å². The largest absolute Gasteiger partial charge is 0.346 e. The molecule has 1 aliphatic carbocycles. The fourth-order valence-corrected chi connectivity index (χ4v) is 3.86. The number of hydrogen-bond acceptors (Lipinski definition) is 3. The standard InChI is InChI=1S/C16H24BrN3O/c1-4-14-13(8-12(3)19-20-14)15(21)18-16(10-17)7-5-6-11(2)9-16/h8,11H,4-7,9-10H2,1-3H3,(H,18,21). The first-order valence-electron chi connectivity index (χ1n) is 7.71. The number of aromatic nitrogens is 2. The lowest BCUT2D eigenvalue weighted by molar-refractivity contribution is 0.0867. The van der Waals surface area contributed by atoms with Gasteiger partial charge in [-0.3, -0.25) is 4.79 Å². The van der Waals surface area contributed by atoms with Crippen LogP contribution in [-0.4, -0.2) is 27.0 Å². The van der Waals surface area contributed by atoms with E-state index >= 15 is 0 Å². The molecule has 0 radical (unpaired) electrons. The zero-order chi connectivity index (χ0) is 15.5. The SMILES string of the molecule is CCc1nnc(C)cc1C(=O)NC1(CBr)CCCC(C)C1. The van der Waals surface area contributed by atoms with E-state index in [4.69, 9.17) is 0 Å². The Morgan fingerprint density at radius 2 is 2.29 bits per heavy atom. The molecule has 0 spiro atoms. The first-order valence-corrected chi connectivity index (χ1v) is 8.83. The lowest BCUT2D eigenvalue weighted by Crippen LogP contribution is -2.52. The van der Waals surface area contributed by atoms with E-state index in [2.05, 4.69) is 38.4 Å². The first kappa shape index (κ1) is 16.4. The molecule has 4 nitrogen and oxygen atoms in total. The van der Waals surface area contributed by atoms with Crippen molar-refractivity contribution in [1.82, 2.24) is 15.5 Å². The molecule has 1 N–H and O–H groups in total. The summed E-state index contributed by atoms with van der Waals surface area (Å²) in [5.74, 6) is 0.637. The number of halogens is 1. The summed E-state index contributed by atoms with van der Waals surface area (Å²) in [5.41, 5.74) is 2.09. The summed E-state index contributed by atoms with van der Waals surface area (Å²) in [4.78, 5) is 12.7. The average Bonchev–Trinajstić information content (AvgIpc) is 2.47. The summed E-state index contributed by atoms with van der Waals surface area (Å²) in [5, 5.41) is 12.3. The first-order chi connectivity index (χ1) is 9.99. The molecule has 21 heavy (non-hydrogen) atoms. The van der Waals surface area contributed by atoms with Crippen LogP contribution in [0.25, 0.3) is 0 Å². The number of aryl methyl sites for hydroxylation is 2. The van der Waals surface area contributed by atoms with Crippen molar-refractivity contribution in [2.45, 2.75) is 58.4 Å². The van der Waals surface area contributed by atoms with Gasteiger partial charge in [0.2, 0.25) is 0 Å². The van der Waals surface area contributed by atoms with E-state index < -0.39 is 0 Å². The molecule has 1 aromatic heterocycles. The Morgan fingerprint density at radius 1 is 1.52 bits per heavy atom. The van der Waals surface area contributed by atoms with E-state index in [0.717, 1.165) is 29.6 Å². The maximum atomic E-state index is 12.7. The molecule has 0 bridgehead atoms. The van der Waals surface area contributed by atoms with Gasteiger partial charge in [0.05, 0.1) is 22.5 Å². The average molecular weight is 354 g/mol. The van der Waals surface area contributed by atoms with Crippen LogP contribution in [0.5, 0.6) is 0 Å². The third-order valence-electron chi connectivity index (χ3n) is 4.30. The molecule has 116 valence electrons. The minimum atomic E-state index is -0.128. The van der Waals surface area contributed by atoms with Crippen molar-refractivity contribution in [2.24, 2.45) is 5.92 Å². The molecule has 1 aliphatic rings. The van der Waals surface area contributed by atoms with Gasteiger partial charge in [-0.15, -0.1) is 0 Å². The van der Waals surface area contributed by atoms with Crippen molar-refractivity contribution in [3.05, 3.63) is 23.0 Å². The van der Waals surface area contributed by atoms with Crippen LogP contribution in [0.2, 0.25) is 0 Å². The predicted molar refractivity (Wildman–Crippen MR) is 87.8 cm³/mol. The number of amides is 1. The highest BCUT2D eigenvalue weighted by atomic mass is 79.9. The lowest BCUT2D eigenvalue weighted by Gasteiger charge is -2.39. The third-order valence-corrected chi connectivity index (χ3v) is 5.37. The molecular weight excluding hydrogens is 330 g/mol. The monoisotopic (exact) mass is 353 g/mol. The van der Waals surface area contributed by atoms with Gasteiger partial charge in [-0.1, -0.05) is 42.6 Å². The van der Waals surface area contributed by atoms with Gasteiger partial charge in [0.1, 0.15) is 0 Å². The van der Waals surface area contributed by atoms with E-state index in [1.807, 2.05) is 19.9 Å². The Hall–Kier alpha value is -0.970. The number of rotatable bonds is 4. The molecule has 1 fully saturated rings. The van der Waals surface area contributed by atoms with E-state index in [1.54, 1.807) is 0 Å². The molecule has 1 amide bonds. The quantitative estimate of drug-likeness (QED) is 0.843. The molecular formula is C16H24BrN3O. The highest BCUT2D eigenvalue weighted by molar-refractivity contribution is 9.09. The number of hydrogen-bond donors (Lipinski definition) is 1. The number of alkyl halides is 1. The smallest absolute Gasteiger partial charge is 0.253 e. The topological polar surface area (TPSA) is 54.9 Å². The molecule has 1 heterocycles. The molecule has 2 unspecified atom stereocenters. The predicted octanol–water partition coefficient (Wildman–Crippen LogP) is 3.42. The minimum absolute atomic E-state index is 0.0154. The van der Waals surface area contributed by atoms with E-state index in [-0.39, 0.29) is 11.4 Å². The van der Waals surface area contributed by atoms with Crippen LogP contribution in [0, 0.1) is 12.8 Å². The summed E-state index contributed by atoms with van der Waals surface area (Å²) in [6.45, 7) is 6.13. The Balaban J connectivity index is 2.22. The van der Waals surface area contributed by atoms with Crippen LogP contribution in [0.15, 0.2) is 6.07 Å². The van der Waals surface area contributed by atoms with Gasteiger partial charge in [-0.05, 0) is 38.2 Å². The molecule has 2 atom stereocenters. The maximum absolute atomic E-state index is 12.7. The van der Waals surface area contributed by atoms with Crippen molar-refractivity contribution in [1.29, 1.82) is 0 Å². The van der Waals surface area contributed by atoms with Crippen LogP contribution in [0.4, 0.5) is 0 Å². The maximum Gasteiger partial charge on any atom is 0.253 e. The highest BCUT2D eigenvalue weighted by Crippen LogP contribution is 2.34. The van der Waals surface area contributed by atoms with Crippen molar-refractivity contribution in [2.75, 3.05) is 5.33 Å². The van der Waals surface area contributed by atoms with Crippen LogP contribution in [0.3, 0.4) is 0 Å². The molecule has 0 saturated heterocycles. The summed E-state index contributed by atoms with van der Waals surface area (Å²) in [7, 11) is 0.